The normalized spacial score (nSPS) is 12.5. The third-order valence-electron chi connectivity index (χ3n) is 2.76. The lowest BCUT2D eigenvalue weighted by Gasteiger charge is -2.13. The highest BCUT2D eigenvalue weighted by atomic mass is 79.9. The lowest BCUT2D eigenvalue weighted by atomic mass is 10.00. The van der Waals surface area contributed by atoms with Crippen LogP contribution in [0.1, 0.15) is 22.8 Å². The summed E-state index contributed by atoms with van der Waals surface area (Å²) in [5.41, 5.74) is 1.94. The summed E-state index contributed by atoms with van der Waals surface area (Å²) in [6, 6.07) is 8.75. The third-order valence-corrected chi connectivity index (χ3v) is 3.65. The van der Waals surface area contributed by atoms with Gasteiger partial charge in [-0.05, 0) is 41.8 Å². The quantitative estimate of drug-likeness (QED) is 0.884. The molecule has 0 saturated heterocycles. The molecule has 2 aromatic carbocycles. The molecule has 1 unspecified atom stereocenters. The van der Waals surface area contributed by atoms with Gasteiger partial charge in [-0.1, -0.05) is 34.1 Å². The first-order chi connectivity index (χ1) is 8.49. The van der Waals surface area contributed by atoms with E-state index < -0.39 is 17.7 Å². The minimum atomic E-state index is -0.966. The molecule has 1 N–H and O–H groups in total. The Balaban J connectivity index is 2.37. The van der Waals surface area contributed by atoms with Crippen LogP contribution in [0, 0.1) is 18.6 Å². The summed E-state index contributed by atoms with van der Waals surface area (Å²) in [6.45, 7) is 1.89. The molecule has 2 aromatic rings. The van der Waals surface area contributed by atoms with Crippen molar-refractivity contribution in [1.82, 2.24) is 0 Å². The Morgan fingerprint density at radius 2 is 1.61 bits per heavy atom. The van der Waals surface area contributed by atoms with E-state index in [0.29, 0.717) is 11.1 Å². The number of hydrogen-bond donors (Lipinski definition) is 1. The zero-order valence-electron chi connectivity index (χ0n) is 9.62. The van der Waals surface area contributed by atoms with E-state index in [0.717, 1.165) is 22.2 Å². The van der Waals surface area contributed by atoms with E-state index in [2.05, 4.69) is 15.9 Å². The van der Waals surface area contributed by atoms with Crippen LogP contribution in [-0.2, 0) is 0 Å². The Morgan fingerprint density at radius 1 is 1.00 bits per heavy atom. The second-order valence-electron chi connectivity index (χ2n) is 4.08. The van der Waals surface area contributed by atoms with E-state index in [1.54, 1.807) is 12.1 Å². The molecule has 0 spiro atoms. The van der Waals surface area contributed by atoms with Crippen molar-refractivity contribution in [1.29, 1.82) is 0 Å². The summed E-state index contributed by atoms with van der Waals surface area (Å²) < 4.78 is 26.9. The second kappa shape index (κ2) is 5.16. The predicted octanol–water partition coefficient (Wildman–Crippen LogP) is 4.12. The monoisotopic (exact) mass is 312 g/mol. The van der Waals surface area contributed by atoms with Crippen LogP contribution in [-0.4, -0.2) is 5.11 Å². The van der Waals surface area contributed by atoms with Gasteiger partial charge in [0, 0.05) is 4.47 Å². The van der Waals surface area contributed by atoms with Gasteiger partial charge in [0.15, 0.2) is 11.6 Å². The maximum atomic E-state index is 13.1. The summed E-state index contributed by atoms with van der Waals surface area (Å²) in [6.07, 6.45) is -0.966. The Bertz CT molecular complexity index is 533. The van der Waals surface area contributed by atoms with Gasteiger partial charge in [0.25, 0.3) is 0 Å². The number of rotatable bonds is 2. The number of aliphatic hydroxyl groups is 1. The van der Waals surface area contributed by atoms with Gasteiger partial charge in [0.05, 0.1) is 0 Å². The van der Waals surface area contributed by atoms with Crippen LogP contribution in [0.25, 0.3) is 0 Å². The fourth-order valence-corrected chi connectivity index (χ4v) is 1.96. The van der Waals surface area contributed by atoms with E-state index >= 15 is 0 Å². The molecule has 0 aromatic heterocycles. The van der Waals surface area contributed by atoms with Gasteiger partial charge in [-0.15, -0.1) is 0 Å². The Labute approximate surface area is 112 Å². The molecule has 0 aliphatic rings. The maximum Gasteiger partial charge on any atom is 0.159 e. The van der Waals surface area contributed by atoms with Gasteiger partial charge in [0.1, 0.15) is 6.10 Å². The van der Waals surface area contributed by atoms with Crippen LogP contribution in [0.4, 0.5) is 8.78 Å². The molecule has 0 amide bonds. The van der Waals surface area contributed by atoms with Gasteiger partial charge in [-0.3, -0.25) is 0 Å². The summed E-state index contributed by atoms with van der Waals surface area (Å²) in [4.78, 5) is 0. The van der Waals surface area contributed by atoms with E-state index in [4.69, 9.17) is 0 Å². The first-order valence-electron chi connectivity index (χ1n) is 5.38. The van der Waals surface area contributed by atoms with Gasteiger partial charge < -0.3 is 5.11 Å². The van der Waals surface area contributed by atoms with E-state index in [-0.39, 0.29) is 0 Å². The van der Waals surface area contributed by atoms with Crippen molar-refractivity contribution in [2.24, 2.45) is 0 Å². The molecule has 0 fully saturated rings. The smallest absolute Gasteiger partial charge is 0.159 e. The largest absolute Gasteiger partial charge is 0.384 e. The Hall–Kier alpha value is -1.26. The Morgan fingerprint density at radius 3 is 2.22 bits per heavy atom. The molecule has 4 heteroatoms. The van der Waals surface area contributed by atoms with Crippen LogP contribution in [0.2, 0.25) is 0 Å². The van der Waals surface area contributed by atoms with Crippen molar-refractivity contribution in [3.63, 3.8) is 0 Å². The van der Waals surface area contributed by atoms with E-state index in [1.807, 2.05) is 13.0 Å². The highest BCUT2D eigenvalue weighted by Gasteiger charge is 2.13. The predicted molar refractivity (Wildman–Crippen MR) is 69.3 cm³/mol. The number of aliphatic hydroxyl groups excluding tert-OH is 1. The molecule has 0 saturated carbocycles. The molecular formula is C14H11BrF2O. The molecule has 0 aliphatic carbocycles. The highest BCUT2D eigenvalue weighted by Crippen LogP contribution is 2.26. The van der Waals surface area contributed by atoms with Crippen LogP contribution in [0.15, 0.2) is 40.9 Å². The minimum absolute atomic E-state index is 0.329. The molecule has 18 heavy (non-hydrogen) atoms. The standard InChI is InChI=1S/C14H11BrF2O/c1-8-6-9(2-4-11(8)15)14(18)10-3-5-12(16)13(17)7-10/h2-7,14,18H,1H3. The zero-order valence-corrected chi connectivity index (χ0v) is 11.2. The molecule has 0 bridgehead atoms. The molecule has 0 heterocycles. The molecule has 0 radical (unpaired) electrons. The summed E-state index contributed by atoms with van der Waals surface area (Å²) >= 11 is 3.36. The van der Waals surface area contributed by atoms with Gasteiger partial charge in [-0.25, -0.2) is 8.78 Å². The molecule has 2 rings (SSSR count). The van der Waals surface area contributed by atoms with Crippen molar-refractivity contribution in [2.45, 2.75) is 13.0 Å². The molecule has 0 aliphatic heterocycles. The van der Waals surface area contributed by atoms with Crippen LogP contribution in [0.5, 0.6) is 0 Å². The highest BCUT2D eigenvalue weighted by molar-refractivity contribution is 9.10. The lowest BCUT2D eigenvalue weighted by Crippen LogP contribution is -2.01. The van der Waals surface area contributed by atoms with Gasteiger partial charge in [0.2, 0.25) is 0 Å². The van der Waals surface area contributed by atoms with Crippen LogP contribution >= 0.6 is 15.9 Å². The van der Waals surface area contributed by atoms with Crippen LogP contribution in [0.3, 0.4) is 0 Å². The first kappa shape index (κ1) is 13.2. The lowest BCUT2D eigenvalue weighted by molar-refractivity contribution is 0.219. The molecule has 94 valence electrons. The topological polar surface area (TPSA) is 20.2 Å². The van der Waals surface area contributed by atoms with Crippen molar-refractivity contribution in [3.8, 4) is 0 Å². The number of halogens is 3. The van der Waals surface area contributed by atoms with Crippen molar-refractivity contribution in [3.05, 3.63) is 69.2 Å². The molecular weight excluding hydrogens is 302 g/mol. The summed E-state index contributed by atoms with van der Waals surface area (Å²) in [5, 5.41) is 10.1. The summed E-state index contributed by atoms with van der Waals surface area (Å²) in [5.74, 6) is -1.88. The third kappa shape index (κ3) is 2.60. The number of aryl methyl sites for hydroxylation is 1. The first-order valence-corrected chi connectivity index (χ1v) is 6.17. The number of benzene rings is 2. The maximum absolute atomic E-state index is 13.1. The summed E-state index contributed by atoms with van der Waals surface area (Å²) in [7, 11) is 0. The number of hydrogen-bond acceptors (Lipinski definition) is 1. The van der Waals surface area contributed by atoms with E-state index in [9.17, 15) is 13.9 Å². The molecule has 1 nitrogen and oxygen atoms in total. The molecule has 1 atom stereocenters. The fourth-order valence-electron chi connectivity index (χ4n) is 1.71. The van der Waals surface area contributed by atoms with Crippen molar-refractivity contribution in [2.75, 3.05) is 0 Å². The average molecular weight is 313 g/mol. The second-order valence-corrected chi connectivity index (χ2v) is 4.94. The van der Waals surface area contributed by atoms with Crippen molar-refractivity contribution >= 4 is 15.9 Å². The fraction of sp³-hybridized carbons (Fsp3) is 0.143. The Kier molecular flexibility index (Phi) is 3.78. The SMILES string of the molecule is Cc1cc(C(O)c2ccc(F)c(F)c2)ccc1Br. The zero-order chi connectivity index (χ0) is 13.3. The minimum Gasteiger partial charge on any atom is -0.384 e. The van der Waals surface area contributed by atoms with Gasteiger partial charge >= 0.3 is 0 Å². The van der Waals surface area contributed by atoms with Crippen LogP contribution < -0.4 is 0 Å². The van der Waals surface area contributed by atoms with Crippen molar-refractivity contribution < 1.29 is 13.9 Å². The average Bonchev–Trinajstić information content (AvgIpc) is 2.35. The van der Waals surface area contributed by atoms with E-state index in [1.165, 1.54) is 6.07 Å². The van der Waals surface area contributed by atoms with Gasteiger partial charge in [-0.2, -0.15) is 0 Å².